The molecule has 0 amide bonds. The van der Waals surface area contributed by atoms with Crippen molar-refractivity contribution in [2.24, 2.45) is 4.99 Å². The Morgan fingerprint density at radius 2 is 1.62 bits per heavy atom. The summed E-state index contributed by atoms with van der Waals surface area (Å²) in [5.41, 5.74) is 1.54. The second kappa shape index (κ2) is 7.67. The number of fused-ring (bicyclic) bond motifs is 1. The van der Waals surface area contributed by atoms with Gasteiger partial charge in [0.05, 0.1) is 21.3 Å². The zero-order valence-electron chi connectivity index (χ0n) is 16.3. The average Bonchev–Trinajstić information content (AvgIpc) is 3.13. The molecule has 0 spiro atoms. The van der Waals surface area contributed by atoms with Crippen LogP contribution >= 0.6 is 0 Å². The van der Waals surface area contributed by atoms with E-state index in [4.69, 9.17) is 18.9 Å². The Balaban J connectivity index is 1.74. The second-order valence-electron chi connectivity index (χ2n) is 6.32. The van der Waals surface area contributed by atoms with Crippen molar-refractivity contribution in [1.29, 1.82) is 0 Å². The fraction of sp³-hybridized carbons (Fsp3) is 0.130. The number of rotatable bonds is 5. The van der Waals surface area contributed by atoms with Gasteiger partial charge in [-0.1, -0.05) is 30.3 Å². The lowest BCUT2D eigenvalue weighted by molar-refractivity contribution is -0.129. The lowest BCUT2D eigenvalue weighted by Gasteiger charge is -2.14. The molecular formula is C23H19NO5. The third-order valence-corrected chi connectivity index (χ3v) is 4.64. The van der Waals surface area contributed by atoms with Crippen molar-refractivity contribution in [3.05, 3.63) is 71.4 Å². The monoisotopic (exact) mass is 389 g/mol. The van der Waals surface area contributed by atoms with Gasteiger partial charge in [-0.25, -0.2) is 9.79 Å². The molecule has 1 heterocycles. The summed E-state index contributed by atoms with van der Waals surface area (Å²) in [4.78, 5) is 16.8. The van der Waals surface area contributed by atoms with Crippen LogP contribution in [0, 0.1) is 0 Å². The Kier molecular flexibility index (Phi) is 4.91. The Morgan fingerprint density at radius 1 is 0.862 bits per heavy atom. The van der Waals surface area contributed by atoms with Crippen LogP contribution in [0.25, 0.3) is 16.8 Å². The highest BCUT2D eigenvalue weighted by molar-refractivity contribution is 6.13. The minimum absolute atomic E-state index is 0.179. The van der Waals surface area contributed by atoms with E-state index in [-0.39, 0.29) is 11.6 Å². The van der Waals surface area contributed by atoms with Gasteiger partial charge in [0, 0.05) is 11.1 Å². The van der Waals surface area contributed by atoms with E-state index < -0.39 is 5.97 Å². The van der Waals surface area contributed by atoms with Crippen molar-refractivity contribution in [2.75, 3.05) is 21.3 Å². The molecule has 3 aromatic rings. The number of nitrogens with zero attached hydrogens (tertiary/aromatic N) is 1. The molecule has 0 saturated carbocycles. The molecular weight excluding hydrogens is 370 g/mol. The maximum atomic E-state index is 12.4. The maximum absolute atomic E-state index is 12.4. The van der Waals surface area contributed by atoms with Crippen LogP contribution in [0.2, 0.25) is 0 Å². The molecule has 0 fully saturated rings. The number of esters is 1. The predicted octanol–water partition coefficient (Wildman–Crippen LogP) is 4.21. The zero-order valence-corrected chi connectivity index (χ0v) is 16.3. The topological polar surface area (TPSA) is 66.4 Å². The third kappa shape index (κ3) is 3.40. The minimum atomic E-state index is -0.523. The SMILES string of the molecule is COc1ccc(C=C2N=C(c3ccc4ccccc4c3)OC2=O)c(OC)c1OC. The van der Waals surface area contributed by atoms with Gasteiger partial charge in [-0.15, -0.1) is 0 Å². The normalized spacial score (nSPS) is 14.7. The summed E-state index contributed by atoms with van der Waals surface area (Å²) >= 11 is 0. The lowest BCUT2D eigenvalue weighted by Crippen LogP contribution is -2.05. The summed E-state index contributed by atoms with van der Waals surface area (Å²) in [6.45, 7) is 0. The first-order chi connectivity index (χ1) is 14.1. The summed E-state index contributed by atoms with van der Waals surface area (Å²) in [5.74, 6) is 1.16. The zero-order chi connectivity index (χ0) is 20.4. The number of ether oxygens (including phenoxy) is 4. The van der Waals surface area contributed by atoms with Crippen molar-refractivity contribution >= 4 is 28.7 Å². The number of cyclic esters (lactones) is 1. The van der Waals surface area contributed by atoms with Crippen LogP contribution in [-0.4, -0.2) is 33.2 Å². The molecule has 1 aliphatic heterocycles. The fourth-order valence-corrected chi connectivity index (χ4v) is 3.24. The first-order valence-electron chi connectivity index (χ1n) is 8.95. The molecule has 0 aliphatic carbocycles. The van der Waals surface area contributed by atoms with E-state index >= 15 is 0 Å². The highest BCUT2D eigenvalue weighted by Crippen LogP contribution is 2.41. The number of benzene rings is 3. The van der Waals surface area contributed by atoms with E-state index in [1.54, 1.807) is 25.3 Å². The Bertz CT molecular complexity index is 1160. The molecule has 0 aromatic heterocycles. The molecule has 1 aliphatic rings. The number of hydrogen-bond donors (Lipinski definition) is 0. The van der Waals surface area contributed by atoms with E-state index in [0.29, 0.717) is 22.8 Å². The molecule has 146 valence electrons. The molecule has 0 saturated heterocycles. The summed E-state index contributed by atoms with van der Waals surface area (Å²) in [6, 6.07) is 17.3. The Hall–Kier alpha value is -3.80. The molecule has 6 heteroatoms. The van der Waals surface area contributed by atoms with Gasteiger partial charge in [0.1, 0.15) is 0 Å². The van der Waals surface area contributed by atoms with Crippen LogP contribution in [0.15, 0.2) is 65.3 Å². The van der Waals surface area contributed by atoms with Gasteiger partial charge in [-0.3, -0.25) is 0 Å². The number of carbonyl (C=O) groups is 1. The fourth-order valence-electron chi connectivity index (χ4n) is 3.24. The van der Waals surface area contributed by atoms with Crippen LogP contribution in [0.4, 0.5) is 0 Å². The standard InChI is InChI=1S/C23H19NO5/c1-26-19-11-10-16(20(27-2)21(19)28-3)13-18-23(25)29-22(24-18)17-9-8-14-6-4-5-7-15(14)12-17/h4-13H,1-3H3. The molecule has 3 aromatic carbocycles. The Morgan fingerprint density at radius 3 is 2.34 bits per heavy atom. The smallest absolute Gasteiger partial charge is 0.363 e. The van der Waals surface area contributed by atoms with Crippen molar-refractivity contribution in [3.63, 3.8) is 0 Å². The number of hydrogen-bond acceptors (Lipinski definition) is 6. The lowest BCUT2D eigenvalue weighted by atomic mass is 10.1. The highest BCUT2D eigenvalue weighted by Gasteiger charge is 2.25. The number of aliphatic imine (C=N–C) groups is 1. The predicted molar refractivity (Wildman–Crippen MR) is 111 cm³/mol. The summed E-state index contributed by atoms with van der Waals surface area (Å²) in [6.07, 6.45) is 1.61. The van der Waals surface area contributed by atoms with Crippen molar-refractivity contribution < 1.29 is 23.7 Å². The maximum Gasteiger partial charge on any atom is 0.363 e. The molecule has 0 atom stereocenters. The second-order valence-corrected chi connectivity index (χ2v) is 6.32. The van der Waals surface area contributed by atoms with Gasteiger partial charge in [-0.05, 0) is 41.1 Å². The summed E-state index contributed by atoms with van der Waals surface area (Å²) in [7, 11) is 4.59. The van der Waals surface area contributed by atoms with Gasteiger partial charge < -0.3 is 18.9 Å². The quantitative estimate of drug-likeness (QED) is 0.483. The Labute approximate surface area is 168 Å². The van der Waals surface area contributed by atoms with E-state index in [9.17, 15) is 4.79 Å². The van der Waals surface area contributed by atoms with Crippen molar-refractivity contribution in [2.45, 2.75) is 0 Å². The minimum Gasteiger partial charge on any atom is -0.493 e. The largest absolute Gasteiger partial charge is 0.493 e. The first kappa shape index (κ1) is 18.6. The van der Waals surface area contributed by atoms with E-state index in [1.165, 1.54) is 14.2 Å². The van der Waals surface area contributed by atoms with E-state index in [0.717, 1.165) is 16.3 Å². The van der Waals surface area contributed by atoms with Crippen molar-refractivity contribution in [1.82, 2.24) is 0 Å². The van der Waals surface area contributed by atoms with Crippen LogP contribution in [0.5, 0.6) is 17.2 Å². The highest BCUT2D eigenvalue weighted by atomic mass is 16.6. The first-order valence-corrected chi connectivity index (χ1v) is 8.95. The van der Waals surface area contributed by atoms with Gasteiger partial charge in [0.25, 0.3) is 0 Å². The molecule has 29 heavy (non-hydrogen) atoms. The molecule has 0 radical (unpaired) electrons. The molecule has 0 unspecified atom stereocenters. The summed E-state index contributed by atoms with van der Waals surface area (Å²) in [5, 5.41) is 2.15. The summed E-state index contributed by atoms with van der Waals surface area (Å²) < 4.78 is 21.5. The molecule has 4 rings (SSSR count). The third-order valence-electron chi connectivity index (χ3n) is 4.64. The van der Waals surface area contributed by atoms with Gasteiger partial charge in [0.15, 0.2) is 17.2 Å². The molecule has 0 N–H and O–H groups in total. The van der Waals surface area contributed by atoms with E-state index in [1.807, 2.05) is 42.5 Å². The van der Waals surface area contributed by atoms with Gasteiger partial charge in [0.2, 0.25) is 11.6 Å². The van der Waals surface area contributed by atoms with Gasteiger partial charge in [-0.2, -0.15) is 0 Å². The van der Waals surface area contributed by atoms with Crippen LogP contribution in [-0.2, 0) is 9.53 Å². The number of carbonyl (C=O) groups excluding carboxylic acids is 1. The molecule has 6 nitrogen and oxygen atoms in total. The molecule has 0 bridgehead atoms. The number of methoxy groups -OCH3 is 3. The van der Waals surface area contributed by atoms with E-state index in [2.05, 4.69) is 4.99 Å². The van der Waals surface area contributed by atoms with Crippen LogP contribution in [0.3, 0.4) is 0 Å². The average molecular weight is 389 g/mol. The van der Waals surface area contributed by atoms with Crippen LogP contribution < -0.4 is 14.2 Å². The van der Waals surface area contributed by atoms with Gasteiger partial charge >= 0.3 is 5.97 Å². The van der Waals surface area contributed by atoms with Crippen molar-refractivity contribution in [3.8, 4) is 17.2 Å². The van der Waals surface area contributed by atoms with Crippen LogP contribution in [0.1, 0.15) is 11.1 Å².